The molecule has 21 heavy (non-hydrogen) atoms. The van der Waals surface area contributed by atoms with Gasteiger partial charge in [-0.3, -0.25) is 0 Å². The molecule has 0 unspecified atom stereocenters. The number of rotatable bonds is 7. The molecule has 3 rings (SSSR count). The van der Waals surface area contributed by atoms with E-state index in [4.69, 9.17) is 4.74 Å². The third kappa shape index (κ3) is 3.73. The van der Waals surface area contributed by atoms with Gasteiger partial charge in [0, 0.05) is 18.1 Å². The predicted molar refractivity (Wildman–Crippen MR) is 86.5 cm³/mol. The lowest BCUT2D eigenvalue weighted by Gasteiger charge is -2.12. The van der Waals surface area contributed by atoms with Crippen LogP contribution in [-0.4, -0.2) is 18.1 Å². The van der Waals surface area contributed by atoms with E-state index in [-0.39, 0.29) is 0 Å². The summed E-state index contributed by atoms with van der Waals surface area (Å²) in [5, 5.41) is 5.86. The van der Waals surface area contributed by atoms with Gasteiger partial charge in [-0.25, -0.2) is 4.98 Å². The highest BCUT2D eigenvalue weighted by molar-refractivity contribution is 5.89. The van der Waals surface area contributed by atoms with Gasteiger partial charge in [-0.15, -0.1) is 0 Å². The molecule has 3 heteroatoms. The van der Waals surface area contributed by atoms with E-state index >= 15 is 0 Å². The molecule has 1 aliphatic rings. The predicted octanol–water partition coefficient (Wildman–Crippen LogP) is 3.77. The molecule has 3 nitrogen and oxygen atoms in total. The first-order valence-corrected chi connectivity index (χ1v) is 7.94. The van der Waals surface area contributed by atoms with Crippen molar-refractivity contribution in [3.05, 3.63) is 36.0 Å². The fourth-order valence-corrected chi connectivity index (χ4v) is 2.46. The maximum atomic E-state index is 5.91. The minimum absolute atomic E-state index is 0.658. The minimum Gasteiger partial charge on any atom is -0.477 e. The van der Waals surface area contributed by atoms with E-state index in [2.05, 4.69) is 48.4 Å². The van der Waals surface area contributed by atoms with Gasteiger partial charge in [-0.2, -0.15) is 0 Å². The molecule has 0 atom stereocenters. The van der Waals surface area contributed by atoms with E-state index in [9.17, 15) is 0 Å². The Bertz CT molecular complexity index is 605. The summed E-state index contributed by atoms with van der Waals surface area (Å²) in [6, 6.07) is 8.40. The molecule has 1 aromatic carbocycles. The van der Waals surface area contributed by atoms with Crippen LogP contribution >= 0.6 is 0 Å². The van der Waals surface area contributed by atoms with Gasteiger partial charge in [-0.1, -0.05) is 32.0 Å². The van der Waals surface area contributed by atoms with Gasteiger partial charge >= 0.3 is 0 Å². The molecular weight excluding hydrogens is 260 g/mol. The number of pyridine rings is 1. The molecule has 1 N–H and O–H groups in total. The Labute approximate surface area is 126 Å². The van der Waals surface area contributed by atoms with Gasteiger partial charge < -0.3 is 10.1 Å². The highest BCUT2D eigenvalue weighted by atomic mass is 16.5. The van der Waals surface area contributed by atoms with Crippen LogP contribution in [0.2, 0.25) is 0 Å². The Morgan fingerprint density at radius 2 is 2.00 bits per heavy atom. The molecular formula is C18H24N2O. The lowest BCUT2D eigenvalue weighted by Crippen LogP contribution is -2.19. The SMILES string of the molecule is CC(C)CNCc1cnc(OCC2CC2)c2ccccc12. The van der Waals surface area contributed by atoms with E-state index in [1.165, 1.54) is 23.8 Å². The van der Waals surface area contributed by atoms with Crippen LogP contribution in [0.15, 0.2) is 30.5 Å². The van der Waals surface area contributed by atoms with E-state index in [1.807, 2.05) is 6.20 Å². The third-order valence-electron chi connectivity index (χ3n) is 3.86. The summed E-state index contributed by atoms with van der Waals surface area (Å²) in [6.45, 7) is 7.13. The minimum atomic E-state index is 0.658. The van der Waals surface area contributed by atoms with Gasteiger partial charge in [-0.05, 0) is 48.2 Å². The Hall–Kier alpha value is -1.61. The molecule has 2 aromatic rings. The maximum Gasteiger partial charge on any atom is 0.221 e. The van der Waals surface area contributed by atoms with Crippen molar-refractivity contribution in [1.29, 1.82) is 0 Å². The molecule has 1 fully saturated rings. The smallest absolute Gasteiger partial charge is 0.221 e. The summed E-state index contributed by atoms with van der Waals surface area (Å²) in [6.07, 6.45) is 4.56. The molecule has 0 spiro atoms. The van der Waals surface area contributed by atoms with Crippen molar-refractivity contribution >= 4 is 10.8 Å². The summed E-state index contributed by atoms with van der Waals surface area (Å²) < 4.78 is 5.91. The Morgan fingerprint density at radius 3 is 2.71 bits per heavy atom. The van der Waals surface area contributed by atoms with Gasteiger partial charge in [0.25, 0.3) is 0 Å². The average molecular weight is 284 g/mol. The lowest BCUT2D eigenvalue weighted by molar-refractivity contribution is 0.292. The van der Waals surface area contributed by atoms with Gasteiger partial charge in [0.05, 0.1) is 6.61 Å². The van der Waals surface area contributed by atoms with Gasteiger partial charge in [0.15, 0.2) is 0 Å². The normalized spacial score (nSPS) is 14.8. The van der Waals surface area contributed by atoms with Crippen LogP contribution in [0.25, 0.3) is 10.8 Å². The largest absolute Gasteiger partial charge is 0.477 e. The molecule has 0 aliphatic heterocycles. The van der Waals surface area contributed by atoms with Crippen LogP contribution in [-0.2, 0) is 6.54 Å². The second-order valence-corrected chi connectivity index (χ2v) is 6.41. The molecule has 0 saturated heterocycles. The summed E-state index contributed by atoms with van der Waals surface area (Å²) in [5.74, 6) is 2.19. The van der Waals surface area contributed by atoms with E-state index < -0.39 is 0 Å². The lowest BCUT2D eigenvalue weighted by atomic mass is 10.1. The topological polar surface area (TPSA) is 34.2 Å². The van der Waals surface area contributed by atoms with Crippen molar-refractivity contribution < 1.29 is 4.74 Å². The quantitative estimate of drug-likeness (QED) is 0.840. The van der Waals surface area contributed by atoms with Gasteiger partial charge in [0.2, 0.25) is 5.88 Å². The van der Waals surface area contributed by atoms with Crippen LogP contribution in [0.1, 0.15) is 32.3 Å². The van der Waals surface area contributed by atoms with Crippen molar-refractivity contribution in [3.63, 3.8) is 0 Å². The summed E-state index contributed by atoms with van der Waals surface area (Å²) in [5.41, 5.74) is 1.24. The highest BCUT2D eigenvalue weighted by Gasteiger charge is 2.22. The van der Waals surface area contributed by atoms with Crippen LogP contribution in [0.4, 0.5) is 0 Å². The fourth-order valence-electron chi connectivity index (χ4n) is 2.46. The molecule has 1 aliphatic carbocycles. The molecule has 1 heterocycles. The second kappa shape index (κ2) is 6.44. The van der Waals surface area contributed by atoms with Crippen LogP contribution in [0, 0.1) is 11.8 Å². The number of aromatic nitrogens is 1. The molecule has 0 bridgehead atoms. The zero-order chi connectivity index (χ0) is 14.7. The van der Waals surface area contributed by atoms with Crippen molar-refractivity contribution in [1.82, 2.24) is 10.3 Å². The summed E-state index contributed by atoms with van der Waals surface area (Å²) >= 11 is 0. The highest BCUT2D eigenvalue weighted by Crippen LogP contribution is 2.31. The van der Waals surface area contributed by atoms with Crippen molar-refractivity contribution in [3.8, 4) is 5.88 Å². The molecule has 112 valence electrons. The molecule has 0 radical (unpaired) electrons. The first-order valence-electron chi connectivity index (χ1n) is 7.94. The Balaban J connectivity index is 1.79. The monoisotopic (exact) mass is 284 g/mol. The number of hydrogen-bond acceptors (Lipinski definition) is 3. The fraction of sp³-hybridized carbons (Fsp3) is 0.500. The number of nitrogens with zero attached hydrogens (tertiary/aromatic N) is 1. The second-order valence-electron chi connectivity index (χ2n) is 6.41. The number of ether oxygens (including phenoxy) is 1. The zero-order valence-electron chi connectivity index (χ0n) is 12.9. The summed E-state index contributed by atoms with van der Waals surface area (Å²) in [4.78, 5) is 4.54. The van der Waals surface area contributed by atoms with Crippen molar-refractivity contribution in [2.75, 3.05) is 13.2 Å². The van der Waals surface area contributed by atoms with Crippen LogP contribution in [0.3, 0.4) is 0 Å². The van der Waals surface area contributed by atoms with E-state index in [0.717, 1.165) is 36.9 Å². The number of hydrogen-bond donors (Lipinski definition) is 1. The Kier molecular flexibility index (Phi) is 4.39. The number of nitrogens with one attached hydrogen (secondary N) is 1. The van der Waals surface area contributed by atoms with E-state index in [0.29, 0.717) is 5.92 Å². The van der Waals surface area contributed by atoms with Crippen molar-refractivity contribution in [2.45, 2.75) is 33.2 Å². The van der Waals surface area contributed by atoms with Crippen molar-refractivity contribution in [2.24, 2.45) is 11.8 Å². The Morgan fingerprint density at radius 1 is 1.24 bits per heavy atom. The van der Waals surface area contributed by atoms with Crippen LogP contribution in [0.5, 0.6) is 5.88 Å². The maximum absolute atomic E-state index is 5.91. The zero-order valence-corrected chi connectivity index (χ0v) is 12.9. The molecule has 1 aromatic heterocycles. The molecule has 1 saturated carbocycles. The summed E-state index contributed by atoms with van der Waals surface area (Å²) in [7, 11) is 0. The third-order valence-corrected chi connectivity index (χ3v) is 3.86. The van der Waals surface area contributed by atoms with Crippen LogP contribution < -0.4 is 10.1 Å². The standard InChI is InChI=1S/C18H24N2O/c1-13(2)9-19-10-15-11-20-18(21-12-14-7-8-14)17-6-4-3-5-16(15)17/h3-6,11,13-14,19H,7-10,12H2,1-2H3. The number of fused-ring (bicyclic) bond motifs is 1. The van der Waals surface area contributed by atoms with Gasteiger partial charge in [0.1, 0.15) is 0 Å². The molecule has 0 amide bonds. The first-order chi connectivity index (χ1) is 10.2. The van der Waals surface area contributed by atoms with E-state index in [1.54, 1.807) is 0 Å². The average Bonchev–Trinajstić information content (AvgIpc) is 3.30. The number of benzene rings is 1. The first kappa shape index (κ1) is 14.3.